The van der Waals surface area contributed by atoms with Crippen LogP contribution in [0.3, 0.4) is 0 Å². The van der Waals surface area contributed by atoms with Crippen molar-refractivity contribution >= 4 is 17.6 Å². The number of rotatable bonds is 4. The zero-order valence-electron chi connectivity index (χ0n) is 14.0. The van der Waals surface area contributed by atoms with E-state index in [0.29, 0.717) is 16.8 Å². The van der Waals surface area contributed by atoms with Crippen LogP contribution >= 0.6 is 0 Å². The summed E-state index contributed by atoms with van der Waals surface area (Å²) in [5.41, 5.74) is 2.63. The van der Waals surface area contributed by atoms with Crippen molar-refractivity contribution in [2.24, 2.45) is 0 Å². The molecule has 2 rings (SSSR count). The molecule has 0 fully saturated rings. The molecular formula is C18H21N3O3. The van der Waals surface area contributed by atoms with Crippen molar-refractivity contribution in [2.45, 2.75) is 13.5 Å². The molecule has 3 amide bonds. The fourth-order valence-corrected chi connectivity index (χ4v) is 2.27. The van der Waals surface area contributed by atoms with Gasteiger partial charge < -0.3 is 20.6 Å². The van der Waals surface area contributed by atoms with Gasteiger partial charge in [-0.25, -0.2) is 4.79 Å². The summed E-state index contributed by atoms with van der Waals surface area (Å²) in [6.07, 6.45) is 0. The van der Waals surface area contributed by atoms with Gasteiger partial charge in [0.2, 0.25) is 0 Å². The number of carbonyl (C=O) groups is 2. The van der Waals surface area contributed by atoms with E-state index < -0.39 is 0 Å². The van der Waals surface area contributed by atoms with E-state index in [9.17, 15) is 14.7 Å². The average Bonchev–Trinajstić information content (AvgIpc) is 2.57. The van der Waals surface area contributed by atoms with Gasteiger partial charge in [0.1, 0.15) is 5.75 Å². The lowest BCUT2D eigenvalue weighted by Crippen LogP contribution is -2.31. The molecule has 0 aliphatic heterocycles. The second-order valence-corrected chi connectivity index (χ2v) is 5.52. The van der Waals surface area contributed by atoms with Crippen LogP contribution in [0, 0.1) is 6.92 Å². The lowest BCUT2D eigenvalue weighted by molar-refractivity contribution is 0.0963. The van der Waals surface area contributed by atoms with Crippen LogP contribution in [0.15, 0.2) is 42.5 Å². The molecule has 0 atom stereocenters. The summed E-state index contributed by atoms with van der Waals surface area (Å²) in [6, 6.07) is 11.7. The molecule has 0 radical (unpaired) electrons. The predicted octanol–water partition coefficient (Wildman–Crippen LogP) is 2.72. The molecule has 2 aromatic rings. The Kier molecular flexibility index (Phi) is 5.42. The molecule has 0 heterocycles. The minimum atomic E-state index is -0.297. The third-order valence-electron chi connectivity index (χ3n) is 3.70. The number of nitrogens with zero attached hydrogens (tertiary/aromatic N) is 1. The molecule has 0 spiro atoms. The van der Waals surface area contributed by atoms with Crippen LogP contribution in [-0.4, -0.2) is 36.0 Å². The number of aromatic hydroxyl groups is 1. The number of aryl methyl sites for hydroxylation is 1. The van der Waals surface area contributed by atoms with Crippen LogP contribution in [0.5, 0.6) is 5.75 Å². The predicted molar refractivity (Wildman–Crippen MR) is 93.2 cm³/mol. The third kappa shape index (κ3) is 4.04. The van der Waals surface area contributed by atoms with Crippen LogP contribution in [0.4, 0.5) is 10.5 Å². The zero-order chi connectivity index (χ0) is 17.7. The maximum Gasteiger partial charge on any atom is 0.321 e. The molecule has 2 aromatic carbocycles. The van der Waals surface area contributed by atoms with Gasteiger partial charge in [0, 0.05) is 30.9 Å². The van der Waals surface area contributed by atoms with Crippen molar-refractivity contribution in [3.8, 4) is 5.75 Å². The number of benzene rings is 2. The number of anilines is 1. The van der Waals surface area contributed by atoms with Gasteiger partial charge in [0.05, 0.1) is 6.54 Å². The average molecular weight is 327 g/mol. The number of phenolic OH excluding ortho intramolecular Hbond substituents is 1. The molecule has 0 aromatic heterocycles. The first-order valence-electron chi connectivity index (χ1n) is 7.54. The van der Waals surface area contributed by atoms with Crippen LogP contribution in [0.1, 0.15) is 21.5 Å². The van der Waals surface area contributed by atoms with Gasteiger partial charge in [-0.2, -0.15) is 0 Å². The minimum Gasteiger partial charge on any atom is -0.508 e. The monoisotopic (exact) mass is 327 g/mol. The number of para-hydroxylation sites is 1. The van der Waals surface area contributed by atoms with Crippen molar-refractivity contribution < 1.29 is 14.7 Å². The SMILES string of the molecule is CNC(=O)c1ccc(NC(=O)N(C)Cc2ccccc2O)c(C)c1. The van der Waals surface area contributed by atoms with Crippen LogP contribution in [-0.2, 0) is 6.54 Å². The van der Waals surface area contributed by atoms with Crippen LogP contribution in [0.25, 0.3) is 0 Å². The number of urea groups is 1. The quantitative estimate of drug-likeness (QED) is 0.807. The molecule has 6 heteroatoms. The van der Waals surface area contributed by atoms with E-state index in [-0.39, 0.29) is 24.2 Å². The topological polar surface area (TPSA) is 81.7 Å². The Bertz CT molecular complexity index is 759. The number of hydrogen-bond donors (Lipinski definition) is 3. The molecule has 0 aliphatic rings. The summed E-state index contributed by atoms with van der Waals surface area (Å²) in [6.45, 7) is 2.11. The second kappa shape index (κ2) is 7.50. The number of amides is 3. The second-order valence-electron chi connectivity index (χ2n) is 5.52. The fourth-order valence-electron chi connectivity index (χ4n) is 2.27. The highest BCUT2D eigenvalue weighted by molar-refractivity contribution is 5.96. The Morgan fingerprint density at radius 1 is 1.17 bits per heavy atom. The van der Waals surface area contributed by atoms with Crippen molar-refractivity contribution in [3.63, 3.8) is 0 Å². The summed E-state index contributed by atoms with van der Waals surface area (Å²) < 4.78 is 0. The Morgan fingerprint density at radius 2 is 1.88 bits per heavy atom. The first-order chi connectivity index (χ1) is 11.4. The molecular weight excluding hydrogens is 306 g/mol. The normalized spacial score (nSPS) is 10.1. The largest absolute Gasteiger partial charge is 0.508 e. The van der Waals surface area contributed by atoms with Gasteiger partial charge in [-0.05, 0) is 36.8 Å². The minimum absolute atomic E-state index is 0.156. The maximum absolute atomic E-state index is 12.3. The molecule has 24 heavy (non-hydrogen) atoms. The van der Waals surface area contributed by atoms with Gasteiger partial charge in [-0.15, -0.1) is 0 Å². The van der Waals surface area contributed by atoms with E-state index in [2.05, 4.69) is 10.6 Å². The van der Waals surface area contributed by atoms with Crippen molar-refractivity contribution in [3.05, 3.63) is 59.2 Å². The number of carbonyl (C=O) groups excluding carboxylic acids is 2. The van der Waals surface area contributed by atoms with Crippen LogP contribution in [0.2, 0.25) is 0 Å². The summed E-state index contributed by atoms with van der Waals surface area (Å²) >= 11 is 0. The first-order valence-corrected chi connectivity index (χ1v) is 7.54. The van der Waals surface area contributed by atoms with Gasteiger partial charge in [0.15, 0.2) is 0 Å². The van der Waals surface area contributed by atoms with E-state index >= 15 is 0 Å². The highest BCUT2D eigenvalue weighted by Gasteiger charge is 2.13. The van der Waals surface area contributed by atoms with Gasteiger partial charge in [-0.3, -0.25) is 4.79 Å². The molecule has 3 N–H and O–H groups in total. The van der Waals surface area contributed by atoms with E-state index in [0.717, 1.165) is 5.56 Å². The van der Waals surface area contributed by atoms with Gasteiger partial charge >= 0.3 is 6.03 Å². The Morgan fingerprint density at radius 3 is 2.50 bits per heavy atom. The Balaban J connectivity index is 2.06. The van der Waals surface area contributed by atoms with Crippen molar-refractivity contribution in [1.29, 1.82) is 0 Å². The van der Waals surface area contributed by atoms with Gasteiger partial charge in [-0.1, -0.05) is 18.2 Å². The summed E-state index contributed by atoms with van der Waals surface area (Å²) in [4.78, 5) is 25.4. The Hall–Kier alpha value is -3.02. The smallest absolute Gasteiger partial charge is 0.321 e. The highest BCUT2D eigenvalue weighted by Crippen LogP contribution is 2.19. The molecule has 0 bridgehead atoms. The van der Waals surface area contributed by atoms with E-state index in [4.69, 9.17) is 0 Å². The van der Waals surface area contributed by atoms with Crippen molar-refractivity contribution in [2.75, 3.05) is 19.4 Å². The van der Waals surface area contributed by atoms with E-state index in [1.807, 2.05) is 13.0 Å². The van der Waals surface area contributed by atoms with Crippen LogP contribution < -0.4 is 10.6 Å². The molecule has 0 saturated carbocycles. The van der Waals surface area contributed by atoms with Crippen molar-refractivity contribution in [1.82, 2.24) is 10.2 Å². The molecule has 0 aliphatic carbocycles. The van der Waals surface area contributed by atoms with Gasteiger partial charge in [0.25, 0.3) is 5.91 Å². The molecule has 6 nitrogen and oxygen atoms in total. The number of nitrogens with one attached hydrogen (secondary N) is 2. The molecule has 0 saturated heterocycles. The fraction of sp³-hybridized carbons (Fsp3) is 0.222. The lowest BCUT2D eigenvalue weighted by atomic mass is 10.1. The van der Waals surface area contributed by atoms with E-state index in [1.165, 1.54) is 4.90 Å². The maximum atomic E-state index is 12.3. The molecule has 126 valence electrons. The Labute approximate surface area is 141 Å². The summed E-state index contributed by atoms with van der Waals surface area (Å²) in [5.74, 6) is -0.0177. The standard InChI is InChI=1S/C18H21N3O3/c1-12-10-13(17(23)19-2)8-9-15(12)20-18(24)21(3)11-14-6-4-5-7-16(14)22/h4-10,22H,11H2,1-3H3,(H,19,23)(H,20,24). The summed E-state index contributed by atoms with van der Waals surface area (Å²) in [7, 11) is 3.22. The lowest BCUT2D eigenvalue weighted by Gasteiger charge is -2.19. The number of phenols is 1. The highest BCUT2D eigenvalue weighted by atomic mass is 16.3. The number of hydrogen-bond acceptors (Lipinski definition) is 3. The first kappa shape index (κ1) is 17.3. The molecule has 0 unspecified atom stereocenters. The summed E-state index contributed by atoms with van der Waals surface area (Å²) in [5, 5.41) is 15.2. The van der Waals surface area contributed by atoms with E-state index in [1.54, 1.807) is 50.5 Å². The zero-order valence-corrected chi connectivity index (χ0v) is 14.0. The third-order valence-corrected chi connectivity index (χ3v) is 3.70.